The molecule has 5 heteroatoms. The van der Waals surface area contributed by atoms with E-state index in [1.54, 1.807) is 30.4 Å². The number of ketones is 1. The van der Waals surface area contributed by atoms with Gasteiger partial charge >= 0.3 is 0 Å². The molecule has 2 aliphatic rings. The first-order valence-corrected chi connectivity index (χ1v) is 9.77. The molecule has 4 rings (SSSR count). The fraction of sp³-hybridized carbons (Fsp3) is 0.240. The van der Waals surface area contributed by atoms with Crippen molar-refractivity contribution in [1.82, 2.24) is 0 Å². The molecule has 5 nitrogen and oxygen atoms in total. The first-order valence-electron chi connectivity index (χ1n) is 9.77. The lowest BCUT2D eigenvalue weighted by molar-refractivity contribution is 0.104. The quantitative estimate of drug-likeness (QED) is 0.532. The van der Waals surface area contributed by atoms with Crippen molar-refractivity contribution >= 4 is 24.0 Å². The molecule has 0 radical (unpaired) electrons. The minimum absolute atomic E-state index is 0.0125. The molecule has 0 unspecified atom stereocenters. The van der Waals surface area contributed by atoms with Crippen LogP contribution in [0.1, 0.15) is 54.7 Å². The molecule has 0 spiro atoms. The fourth-order valence-electron chi connectivity index (χ4n) is 3.48. The van der Waals surface area contributed by atoms with E-state index in [1.807, 2.05) is 52.0 Å². The number of carbonyl (C=O) groups is 1. The zero-order chi connectivity index (χ0) is 21.7. The van der Waals surface area contributed by atoms with E-state index < -0.39 is 11.2 Å². The normalized spacial score (nSPS) is 17.7. The van der Waals surface area contributed by atoms with E-state index in [9.17, 15) is 15.0 Å². The van der Waals surface area contributed by atoms with Gasteiger partial charge in [-0.05, 0) is 81.8 Å². The Bertz CT molecular complexity index is 1130. The van der Waals surface area contributed by atoms with Crippen LogP contribution in [0.4, 0.5) is 0 Å². The van der Waals surface area contributed by atoms with E-state index in [0.717, 1.165) is 5.56 Å². The summed E-state index contributed by atoms with van der Waals surface area (Å²) in [6, 6.07) is 6.62. The van der Waals surface area contributed by atoms with Gasteiger partial charge in [-0.15, -0.1) is 0 Å². The predicted octanol–water partition coefficient (Wildman–Crippen LogP) is 5.36. The molecule has 30 heavy (non-hydrogen) atoms. The van der Waals surface area contributed by atoms with Crippen LogP contribution in [-0.4, -0.2) is 27.2 Å². The van der Waals surface area contributed by atoms with Gasteiger partial charge in [0.05, 0.1) is 11.1 Å². The molecule has 0 saturated heterocycles. The highest BCUT2D eigenvalue weighted by molar-refractivity contribution is 6.09. The van der Waals surface area contributed by atoms with Crippen molar-refractivity contribution in [3.05, 3.63) is 64.7 Å². The minimum atomic E-state index is -0.491. The van der Waals surface area contributed by atoms with Gasteiger partial charge in [-0.3, -0.25) is 4.79 Å². The molecule has 2 N–H and O–H groups in total. The van der Waals surface area contributed by atoms with Crippen LogP contribution < -0.4 is 9.47 Å². The molecule has 154 valence electrons. The molecule has 0 fully saturated rings. The second kappa shape index (κ2) is 6.80. The molecule has 2 heterocycles. The topological polar surface area (TPSA) is 76.0 Å². The maximum absolute atomic E-state index is 12.7. The molecule has 0 aliphatic carbocycles. The Morgan fingerprint density at radius 3 is 2.43 bits per heavy atom. The number of hydrogen-bond donors (Lipinski definition) is 2. The van der Waals surface area contributed by atoms with E-state index in [-0.39, 0.29) is 22.8 Å². The second-order valence-corrected chi connectivity index (χ2v) is 8.61. The number of hydrogen-bond acceptors (Lipinski definition) is 5. The third-order valence-corrected chi connectivity index (χ3v) is 5.04. The van der Waals surface area contributed by atoms with Gasteiger partial charge in [-0.25, -0.2) is 0 Å². The van der Waals surface area contributed by atoms with Crippen LogP contribution in [-0.2, 0) is 0 Å². The smallest absolute Gasteiger partial charge is 0.189 e. The average molecular weight is 404 g/mol. The predicted molar refractivity (Wildman–Crippen MR) is 117 cm³/mol. The van der Waals surface area contributed by atoms with Crippen LogP contribution in [0.15, 0.2) is 42.5 Å². The van der Waals surface area contributed by atoms with Crippen LogP contribution in [0, 0.1) is 0 Å². The van der Waals surface area contributed by atoms with Crippen LogP contribution in [0.2, 0.25) is 0 Å². The van der Waals surface area contributed by atoms with E-state index in [4.69, 9.17) is 9.47 Å². The Hall–Kier alpha value is -3.47. The maximum Gasteiger partial charge on any atom is 0.189 e. The van der Waals surface area contributed by atoms with Gasteiger partial charge in [-0.1, -0.05) is 12.2 Å². The SMILES string of the molecule is CC1(C)C=Cc2c(ccc(C(=O)/C=C/c3cc(O)c4c(c3)C=CC(C)(C)O4)c2O)O1. The number of benzene rings is 2. The van der Waals surface area contributed by atoms with Crippen molar-refractivity contribution in [2.75, 3.05) is 0 Å². The summed E-state index contributed by atoms with van der Waals surface area (Å²) in [5, 5.41) is 20.9. The van der Waals surface area contributed by atoms with Crippen LogP contribution >= 0.6 is 0 Å². The third-order valence-electron chi connectivity index (χ3n) is 5.04. The van der Waals surface area contributed by atoms with E-state index >= 15 is 0 Å². The molecule has 2 aliphatic heterocycles. The standard InChI is InChI=1S/C25H24O5/c1-24(2)12-10-18-21(29-24)8-6-17(22(18)28)19(26)7-5-15-13-16-9-11-25(3,4)30-23(16)20(27)14-15/h5-14,27-28H,1-4H3/b7-5+. The number of allylic oxidation sites excluding steroid dienone is 1. The van der Waals surface area contributed by atoms with Gasteiger partial charge in [0.1, 0.15) is 22.7 Å². The average Bonchev–Trinajstić information content (AvgIpc) is 2.66. The summed E-state index contributed by atoms with van der Waals surface area (Å²) in [7, 11) is 0. The zero-order valence-electron chi connectivity index (χ0n) is 17.4. The largest absolute Gasteiger partial charge is 0.506 e. The Morgan fingerprint density at radius 2 is 1.67 bits per heavy atom. The lowest BCUT2D eigenvalue weighted by Crippen LogP contribution is -2.27. The van der Waals surface area contributed by atoms with Crippen LogP contribution in [0.25, 0.3) is 18.2 Å². The monoisotopic (exact) mass is 404 g/mol. The highest BCUT2D eigenvalue weighted by Gasteiger charge is 2.26. The first kappa shape index (κ1) is 19.8. The van der Waals surface area contributed by atoms with Crippen molar-refractivity contribution in [3.8, 4) is 23.0 Å². The van der Waals surface area contributed by atoms with Gasteiger partial charge in [0.25, 0.3) is 0 Å². The Kier molecular flexibility index (Phi) is 4.49. The summed E-state index contributed by atoms with van der Waals surface area (Å²) in [6.07, 6.45) is 10.4. The van der Waals surface area contributed by atoms with Gasteiger partial charge in [0.2, 0.25) is 0 Å². The van der Waals surface area contributed by atoms with Crippen molar-refractivity contribution < 1.29 is 24.5 Å². The highest BCUT2D eigenvalue weighted by Crippen LogP contribution is 2.40. The van der Waals surface area contributed by atoms with Crippen LogP contribution in [0.3, 0.4) is 0 Å². The maximum atomic E-state index is 12.7. The van der Waals surface area contributed by atoms with Gasteiger partial charge in [0.15, 0.2) is 17.3 Å². The van der Waals surface area contributed by atoms with Gasteiger partial charge < -0.3 is 19.7 Å². The van der Waals surface area contributed by atoms with E-state index in [1.165, 1.54) is 6.08 Å². The molecule has 2 aromatic rings. The molecule has 0 amide bonds. The number of aromatic hydroxyl groups is 2. The summed E-state index contributed by atoms with van der Waals surface area (Å²) in [6.45, 7) is 7.65. The lowest BCUT2D eigenvalue weighted by Gasteiger charge is -2.28. The Labute approximate surface area is 175 Å². The Morgan fingerprint density at radius 1 is 0.967 bits per heavy atom. The van der Waals surface area contributed by atoms with Crippen molar-refractivity contribution in [2.24, 2.45) is 0 Å². The highest BCUT2D eigenvalue weighted by atomic mass is 16.5. The first-order chi connectivity index (χ1) is 14.0. The molecule has 0 atom stereocenters. The lowest BCUT2D eigenvalue weighted by atomic mass is 9.97. The molecular formula is C25H24O5. The Balaban J connectivity index is 1.60. The molecular weight excluding hydrogens is 380 g/mol. The number of phenolic OH excluding ortho intramolecular Hbond substituents is 2. The number of fused-ring (bicyclic) bond motifs is 2. The number of phenols is 2. The summed E-state index contributed by atoms with van der Waals surface area (Å²) in [4.78, 5) is 12.7. The molecule has 0 saturated carbocycles. The number of ether oxygens (including phenoxy) is 2. The van der Waals surface area contributed by atoms with Crippen molar-refractivity contribution in [1.29, 1.82) is 0 Å². The minimum Gasteiger partial charge on any atom is -0.506 e. The van der Waals surface area contributed by atoms with Crippen molar-refractivity contribution in [2.45, 2.75) is 38.9 Å². The van der Waals surface area contributed by atoms with Gasteiger partial charge in [0, 0.05) is 5.56 Å². The second-order valence-electron chi connectivity index (χ2n) is 8.61. The van der Waals surface area contributed by atoms with Gasteiger partial charge in [-0.2, -0.15) is 0 Å². The van der Waals surface area contributed by atoms with E-state index in [0.29, 0.717) is 22.6 Å². The fourth-order valence-corrected chi connectivity index (χ4v) is 3.48. The zero-order valence-corrected chi connectivity index (χ0v) is 17.4. The molecule has 0 aromatic heterocycles. The summed E-state index contributed by atoms with van der Waals surface area (Å²) >= 11 is 0. The number of carbonyl (C=O) groups excluding carboxylic acids is 1. The third kappa shape index (κ3) is 3.71. The summed E-state index contributed by atoms with van der Waals surface area (Å²) in [5.41, 5.74) is 1.11. The number of rotatable bonds is 3. The molecule has 2 aromatic carbocycles. The summed E-state index contributed by atoms with van der Waals surface area (Å²) in [5.74, 6) is 0.515. The van der Waals surface area contributed by atoms with Crippen molar-refractivity contribution in [3.63, 3.8) is 0 Å². The molecule has 0 bridgehead atoms. The van der Waals surface area contributed by atoms with Crippen LogP contribution in [0.5, 0.6) is 23.0 Å². The van der Waals surface area contributed by atoms with E-state index in [2.05, 4.69) is 0 Å². The summed E-state index contributed by atoms with van der Waals surface area (Å²) < 4.78 is 11.6.